The molecular weight excluding hydrogens is 158 g/mol. The van der Waals surface area contributed by atoms with Gasteiger partial charge in [-0.1, -0.05) is 13.8 Å². The lowest BCUT2D eigenvalue weighted by Gasteiger charge is -2.06. The monoisotopic (exact) mass is 181 g/mol. The van der Waals surface area contributed by atoms with E-state index in [1.807, 2.05) is 0 Å². The molecule has 1 unspecified atom stereocenters. The second kappa shape index (κ2) is 8.13. The lowest BCUT2D eigenvalue weighted by atomic mass is 10.1. The highest BCUT2D eigenvalue weighted by Gasteiger charge is 1.90. The molecule has 0 aromatic rings. The van der Waals surface area contributed by atoms with Gasteiger partial charge in [-0.15, -0.1) is 11.8 Å². The van der Waals surface area contributed by atoms with E-state index in [1.165, 1.54) is 25.8 Å². The van der Waals surface area contributed by atoms with Gasteiger partial charge < -0.3 is 4.90 Å². The highest BCUT2D eigenvalue weighted by molar-refractivity contribution is 5.01. The summed E-state index contributed by atoms with van der Waals surface area (Å²) in [6.45, 7) is 5.56. The molecule has 0 amide bonds. The summed E-state index contributed by atoms with van der Waals surface area (Å²) in [6, 6.07) is 0. The molecule has 0 heterocycles. The van der Waals surface area contributed by atoms with Crippen molar-refractivity contribution in [3.05, 3.63) is 0 Å². The van der Waals surface area contributed by atoms with E-state index in [0.717, 1.165) is 6.42 Å². The number of rotatable bonds is 5. The summed E-state index contributed by atoms with van der Waals surface area (Å²) in [6.07, 6.45) is 4.74. The van der Waals surface area contributed by atoms with Crippen LogP contribution in [0.1, 0.15) is 39.5 Å². The van der Waals surface area contributed by atoms with Crippen LogP contribution in [-0.4, -0.2) is 25.5 Å². The average Bonchev–Trinajstić information content (AvgIpc) is 2.10. The number of unbranched alkanes of at least 4 members (excludes halogenated alkanes) is 2. The Morgan fingerprint density at radius 1 is 1.23 bits per heavy atom. The Morgan fingerprint density at radius 3 is 2.46 bits per heavy atom. The summed E-state index contributed by atoms with van der Waals surface area (Å²) < 4.78 is 0. The first-order chi connectivity index (χ1) is 6.16. The van der Waals surface area contributed by atoms with Crippen LogP contribution >= 0.6 is 0 Å². The van der Waals surface area contributed by atoms with Gasteiger partial charge in [0.25, 0.3) is 0 Å². The largest absolute Gasteiger partial charge is 0.309 e. The second-order valence-electron chi connectivity index (χ2n) is 3.89. The molecule has 0 aliphatic rings. The first-order valence-corrected chi connectivity index (χ1v) is 5.30. The summed E-state index contributed by atoms with van der Waals surface area (Å²) in [7, 11) is 4.23. The fraction of sp³-hybridized carbons (Fsp3) is 0.833. The molecule has 1 heteroatoms. The summed E-state index contributed by atoms with van der Waals surface area (Å²) in [5.41, 5.74) is 0. The van der Waals surface area contributed by atoms with E-state index in [1.54, 1.807) is 0 Å². The molecule has 0 aromatic heterocycles. The predicted octanol–water partition coefficient (Wildman–Crippen LogP) is 2.77. The Balaban J connectivity index is 3.27. The maximum absolute atomic E-state index is 3.26. The zero-order valence-corrected chi connectivity index (χ0v) is 9.56. The van der Waals surface area contributed by atoms with Crippen molar-refractivity contribution in [1.29, 1.82) is 0 Å². The lowest BCUT2D eigenvalue weighted by Crippen LogP contribution is -2.12. The van der Waals surface area contributed by atoms with Gasteiger partial charge in [0.2, 0.25) is 0 Å². The van der Waals surface area contributed by atoms with Crippen LogP contribution in [0.5, 0.6) is 0 Å². The number of hydrogen-bond acceptors (Lipinski definition) is 1. The zero-order chi connectivity index (χ0) is 10.1. The van der Waals surface area contributed by atoms with E-state index in [4.69, 9.17) is 0 Å². The summed E-state index contributed by atoms with van der Waals surface area (Å²) in [4.78, 5) is 2.22. The molecule has 0 spiro atoms. The van der Waals surface area contributed by atoms with Gasteiger partial charge in [-0.05, 0) is 39.9 Å². The molecule has 0 aliphatic heterocycles. The average molecular weight is 181 g/mol. The number of nitrogens with zero attached hydrogens (tertiary/aromatic N) is 1. The molecule has 13 heavy (non-hydrogen) atoms. The van der Waals surface area contributed by atoms with Crippen LogP contribution < -0.4 is 0 Å². The third kappa shape index (κ3) is 9.43. The van der Waals surface area contributed by atoms with E-state index in [-0.39, 0.29) is 0 Å². The van der Waals surface area contributed by atoms with Crippen LogP contribution in [-0.2, 0) is 0 Å². The minimum absolute atomic E-state index is 0.578. The molecule has 0 rings (SSSR count). The third-order valence-electron chi connectivity index (χ3n) is 2.12. The van der Waals surface area contributed by atoms with Gasteiger partial charge >= 0.3 is 0 Å². The molecule has 0 aromatic carbocycles. The summed E-state index contributed by atoms with van der Waals surface area (Å²) in [5, 5.41) is 0. The Kier molecular flexibility index (Phi) is 7.83. The SMILES string of the molecule is CCC(C)C#CCCCCN(C)C. The van der Waals surface area contributed by atoms with Gasteiger partial charge in [-0.25, -0.2) is 0 Å². The van der Waals surface area contributed by atoms with E-state index in [9.17, 15) is 0 Å². The molecular formula is C12H23N. The fourth-order valence-electron chi connectivity index (χ4n) is 0.990. The third-order valence-corrected chi connectivity index (χ3v) is 2.12. The van der Waals surface area contributed by atoms with Crippen molar-refractivity contribution in [3.63, 3.8) is 0 Å². The highest BCUT2D eigenvalue weighted by Crippen LogP contribution is 1.99. The Morgan fingerprint density at radius 2 is 1.92 bits per heavy atom. The topological polar surface area (TPSA) is 3.24 Å². The van der Waals surface area contributed by atoms with Crippen LogP contribution in [0, 0.1) is 17.8 Å². The normalized spacial score (nSPS) is 12.4. The minimum Gasteiger partial charge on any atom is -0.309 e. The minimum atomic E-state index is 0.578. The molecule has 0 saturated heterocycles. The van der Waals surface area contributed by atoms with E-state index in [0.29, 0.717) is 5.92 Å². The molecule has 0 saturated carbocycles. The van der Waals surface area contributed by atoms with Crippen LogP contribution in [0.4, 0.5) is 0 Å². The second-order valence-corrected chi connectivity index (χ2v) is 3.89. The van der Waals surface area contributed by atoms with Crippen molar-refractivity contribution in [1.82, 2.24) is 4.90 Å². The quantitative estimate of drug-likeness (QED) is 0.465. The van der Waals surface area contributed by atoms with Crippen molar-refractivity contribution in [2.75, 3.05) is 20.6 Å². The maximum Gasteiger partial charge on any atom is 0.0171 e. The molecule has 0 fully saturated rings. The highest BCUT2D eigenvalue weighted by atomic mass is 15.0. The number of hydrogen-bond donors (Lipinski definition) is 0. The lowest BCUT2D eigenvalue weighted by molar-refractivity contribution is 0.395. The molecule has 0 radical (unpaired) electrons. The molecule has 76 valence electrons. The molecule has 1 nitrogen and oxygen atoms in total. The van der Waals surface area contributed by atoms with Gasteiger partial charge in [0.15, 0.2) is 0 Å². The summed E-state index contributed by atoms with van der Waals surface area (Å²) in [5.74, 6) is 7.08. The fourth-order valence-corrected chi connectivity index (χ4v) is 0.990. The molecule has 0 bridgehead atoms. The maximum atomic E-state index is 3.26. The Labute approximate surface area is 83.5 Å². The van der Waals surface area contributed by atoms with Gasteiger partial charge in [0, 0.05) is 12.3 Å². The van der Waals surface area contributed by atoms with Crippen molar-refractivity contribution in [2.24, 2.45) is 5.92 Å². The molecule has 1 atom stereocenters. The van der Waals surface area contributed by atoms with Crippen LogP contribution in [0.25, 0.3) is 0 Å². The Hall–Kier alpha value is -0.480. The van der Waals surface area contributed by atoms with E-state index < -0.39 is 0 Å². The molecule has 0 aliphatic carbocycles. The van der Waals surface area contributed by atoms with E-state index >= 15 is 0 Å². The molecule has 0 N–H and O–H groups in total. The van der Waals surface area contributed by atoms with E-state index in [2.05, 4.69) is 44.7 Å². The smallest absolute Gasteiger partial charge is 0.0171 e. The van der Waals surface area contributed by atoms with Gasteiger partial charge in [0.1, 0.15) is 0 Å². The van der Waals surface area contributed by atoms with Crippen LogP contribution in [0.15, 0.2) is 0 Å². The van der Waals surface area contributed by atoms with Crippen molar-refractivity contribution in [3.8, 4) is 11.8 Å². The van der Waals surface area contributed by atoms with Crippen molar-refractivity contribution < 1.29 is 0 Å². The van der Waals surface area contributed by atoms with Crippen molar-refractivity contribution >= 4 is 0 Å². The van der Waals surface area contributed by atoms with Crippen molar-refractivity contribution in [2.45, 2.75) is 39.5 Å². The predicted molar refractivity (Wildman–Crippen MR) is 59.6 cm³/mol. The van der Waals surface area contributed by atoms with Gasteiger partial charge in [-0.3, -0.25) is 0 Å². The Bertz CT molecular complexity index is 162. The first-order valence-electron chi connectivity index (χ1n) is 5.30. The first kappa shape index (κ1) is 12.5. The van der Waals surface area contributed by atoms with Gasteiger partial charge in [0.05, 0.1) is 0 Å². The van der Waals surface area contributed by atoms with Crippen LogP contribution in [0.2, 0.25) is 0 Å². The van der Waals surface area contributed by atoms with Crippen LogP contribution in [0.3, 0.4) is 0 Å². The standard InChI is InChI=1S/C12H23N/c1-5-12(2)10-8-6-7-9-11-13(3)4/h12H,5-7,9,11H2,1-4H3. The zero-order valence-electron chi connectivity index (χ0n) is 9.56. The van der Waals surface area contributed by atoms with Gasteiger partial charge in [-0.2, -0.15) is 0 Å². The summed E-state index contributed by atoms with van der Waals surface area (Å²) >= 11 is 0.